The quantitative estimate of drug-likeness (QED) is 0.747. The summed E-state index contributed by atoms with van der Waals surface area (Å²) in [5, 5.41) is 0. The number of para-hydroxylation sites is 1. The highest BCUT2D eigenvalue weighted by atomic mass is 16.1. The molecular formula is C21H25N5O. The number of likely N-dealkylation sites (N-methyl/N-ethyl adjacent to an activating group) is 1. The molecule has 140 valence electrons. The number of H-pyrrole nitrogens is 1. The predicted octanol–water partition coefficient (Wildman–Crippen LogP) is 2.64. The molecule has 4 rings (SSSR count). The van der Waals surface area contributed by atoms with Crippen LogP contribution in [-0.4, -0.2) is 58.9 Å². The molecular weight excluding hydrogens is 338 g/mol. The van der Waals surface area contributed by atoms with E-state index in [1.165, 1.54) is 5.56 Å². The first-order valence-electron chi connectivity index (χ1n) is 9.34. The number of nitrogens with zero attached hydrogens (tertiary/aromatic N) is 3. The third-order valence-corrected chi connectivity index (χ3v) is 5.53. The number of primary amides is 1. The second-order valence-corrected chi connectivity index (χ2v) is 7.29. The van der Waals surface area contributed by atoms with Gasteiger partial charge in [-0.05, 0) is 31.7 Å². The van der Waals surface area contributed by atoms with Crippen LogP contribution < -0.4 is 5.73 Å². The Morgan fingerprint density at radius 3 is 2.48 bits per heavy atom. The minimum absolute atomic E-state index is 0.393. The Balaban J connectivity index is 1.58. The smallest absolute Gasteiger partial charge is 0.250 e. The van der Waals surface area contributed by atoms with Crippen LogP contribution in [0.3, 0.4) is 0 Å². The van der Waals surface area contributed by atoms with Crippen molar-refractivity contribution in [3.8, 4) is 11.4 Å². The fourth-order valence-electron chi connectivity index (χ4n) is 3.71. The third-order valence-electron chi connectivity index (χ3n) is 5.53. The van der Waals surface area contributed by atoms with Crippen molar-refractivity contribution < 1.29 is 4.79 Å². The van der Waals surface area contributed by atoms with Crippen molar-refractivity contribution in [1.82, 2.24) is 19.8 Å². The molecule has 1 aliphatic rings. The Bertz CT molecular complexity index is 954. The molecule has 3 aromatic rings. The molecule has 1 aromatic heterocycles. The number of aromatic amines is 1. The second-order valence-electron chi connectivity index (χ2n) is 7.29. The number of fused-ring (bicyclic) bond motifs is 1. The number of piperazine rings is 1. The SMILES string of the molecule is CC(c1ccc(-c2nc3c(C(N)=O)cccc3[nH]2)cc1)N1CCN(C)CC1. The fraction of sp³-hybridized carbons (Fsp3) is 0.333. The maximum absolute atomic E-state index is 11.6. The van der Waals surface area contributed by atoms with Crippen LogP contribution in [0.2, 0.25) is 0 Å². The summed E-state index contributed by atoms with van der Waals surface area (Å²) in [7, 11) is 2.17. The van der Waals surface area contributed by atoms with E-state index in [1.54, 1.807) is 6.07 Å². The highest BCUT2D eigenvalue weighted by Gasteiger charge is 2.20. The number of hydrogen-bond donors (Lipinski definition) is 2. The summed E-state index contributed by atoms with van der Waals surface area (Å²) in [4.78, 5) is 24.4. The van der Waals surface area contributed by atoms with Crippen LogP contribution in [0.15, 0.2) is 42.5 Å². The lowest BCUT2D eigenvalue weighted by molar-refractivity contribution is 0.100. The van der Waals surface area contributed by atoms with Crippen molar-refractivity contribution in [2.45, 2.75) is 13.0 Å². The average molecular weight is 363 g/mol. The molecule has 1 atom stereocenters. The van der Waals surface area contributed by atoms with E-state index in [-0.39, 0.29) is 0 Å². The van der Waals surface area contributed by atoms with Gasteiger partial charge in [-0.2, -0.15) is 0 Å². The first-order chi connectivity index (χ1) is 13.0. The van der Waals surface area contributed by atoms with Crippen molar-refractivity contribution in [2.75, 3.05) is 33.2 Å². The van der Waals surface area contributed by atoms with Crippen molar-refractivity contribution >= 4 is 16.9 Å². The topological polar surface area (TPSA) is 78.2 Å². The summed E-state index contributed by atoms with van der Waals surface area (Å²) in [6.45, 7) is 6.69. The summed E-state index contributed by atoms with van der Waals surface area (Å²) in [6, 6.07) is 14.3. The van der Waals surface area contributed by atoms with E-state index in [4.69, 9.17) is 5.73 Å². The molecule has 0 spiro atoms. The van der Waals surface area contributed by atoms with Gasteiger partial charge in [0.15, 0.2) is 0 Å². The zero-order valence-electron chi connectivity index (χ0n) is 15.8. The molecule has 2 aromatic carbocycles. The lowest BCUT2D eigenvalue weighted by Crippen LogP contribution is -2.45. The van der Waals surface area contributed by atoms with Gasteiger partial charge < -0.3 is 15.6 Å². The highest BCUT2D eigenvalue weighted by Crippen LogP contribution is 2.26. The molecule has 0 bridgehead atoms. The van der Waals surface area contributed by atoms with E-state index in [2.05, 4.69) is 58.0 Å². The number of carbonyl (C=O) groups is 1. The van der Waals surface area contributed by atoms with Crippen LogP contribution in [0.1, 0.15) is 28.9 Å². The van der Waals surface area contributed by atoms with Gasteiger partial charge in [-0.25, -0.2) is 4.98 Å². The standard InChI is InChI=1S/C21H25N5O/c1-14(26-12-10-25(2)11-13-26)15-6-8-16(9-7-15)21-23-18-5-3-4-17(20(22)27)19(18)24-21/h3-9,14H,10-13H2,1-2H3,(H2,22,27)(H,23,24). The number of aromatic nitrogens is 2. The fourth-order valence-corrected chi connectivity index (χ4v) is 3.71. The van der Waals surface area contributed by atoms with Gasteiger partial charge in [0.05, 0.1) is 11.1 Å². The van der Waals surface area contributed by atoms with Crippen molar-refractivity contribution in [1.29, 1.82) is 0 Å². The number of nitrogens with one attached hydrogen (secondary N) is 1. The summed E-state index contributed by atoms with van der Waals surface area (Å²) < 4.78 is 0. The van der Waals surface area contributed by atoms with Crippen LogP contribution in [0.4, 0.5) is 0 Å². The van der Waals surface area contributed by atoms with E-state index < -0.39 is 5.91 Å². The summed E-state index contributed by atoms with van der Waals surface area (Å²) >= 11 is 0. The maximum atomic E-state index is 11.6. The molecule has 1 saturated heterocycles. The molecule has 1 unspecified atom stereocenters. The van der Waals surface area contributed by atoms with Crippen molar-refractivity contribution in [2.24, 2.45) is 5.73 Å². The number of amides is 1. The summed E-state index contributed by atoms with van der Waals surface area (Å²) in [6.07, 6.45) is 0. The van der Waals surface area contributed by atoms with Gasteiger partial charge in [0.1, 0.15) is 11.3 Å². The molecule has 6 nitrogen and oxygen atoms in total. The Hall–Kier alpha value is -2.70. The Morgan fingerprint density at radius 2 is 1.81 bits per heavy atom. The number of hydrogen-bond acceptors (Lipinski definition) is 4. The van der Waals surface area contributed by atoms with Gasteiger partial charge in [0.2, 0.25) is 0 Å². The highest BCUT2D eigenvalue weighted by molar-refractivity contribution is 6.04. The van der Waals surface area contributed by atoms with Gasteiger partial charge in [0.25, 0.3) is 5.91 Å². The Labute approximate surface area is 159 Å². The van der Waals surface area contributed by atoms with Crippen LogP contribution in [-0.2, 0) is 0 Å². The lowest BCUT2D eigenvalue weighted by atomic mass is 10.0. The first kappa shape index (κ1) is 17.7. The zero-order chi connectivity index (χ0) is 19.0. The molecule has 1 amide bonds. The average Bonchev–Trinajstić information content (AvgIpc) is 3.12. The van der Waals surface area contributed by atoms with Crippen LogP contribution >= 0.6 is 0 Å². The zero-order valence-corrected chi connectivity index (χ0v) is 15.8. The van der Waals surface area contributed by atoms with Crippen molar-refractivity contribution in [3.05, 3.63) is 53.6 Å². The number of benzene rings is 2. The van der Waals surface area contributed by atoms with Gasteiger partial charge in [-0.1, -0.05) is 30.3 Å². The van der Waals surface area contributed by atoms with Gasteiger partial charge in [0, 0.05) is 37.8 Å². The van der Waals surface area contributed by atoms with E-state index in [0.29, 0.717) is 17.1 Å². The van der Waals surface area contributed by atoms with E-state index in [0.717, 1.165) is 43.1 Å². The Morgan fingerprint density at radius 1 is 1.11 bits per heavy atom. The first-order valence-corrected chi connectivity index (χ1v) is 9.34. The van der Waals surface area contributed by atoms with Crippen LogP contribution in [0, 0.1) is 0 Å². The van der Waals surface area contributed by atoms with E-state index >= 15 is 0 Å². The van der Waals surface area contributed by atoms with Crippen LogP contribution in [0.25, 0.3) is 22.4 Å². The Kier molecular flexibility index (Phi) is 4.68. The minimum atomic E-state index is -0.463. The molecule has 0 aliphatic carbocycles. The maximum Gasteiger partial charge on any atom is 0.250 e. The largest absolute Gasteiger partial charge is 0.366 e. The molecule has 2 heterocycles. The number of imidazole rings is 1. The molecule has 6 heteroatoms. The monoisotopic (exact) mass is 363 g/mol. The molecule has 1 fully saturated rings. The van der Waals surface area contributed by atoms with Gasteiger partial charge >= 0.3 is 0 Å². The summed E-state index contributed by atoms with van der Waals surface area (Å²) in [5.74, 6) is 0.285. The number of carbonyl (C=O) groups excluding carboxylic acids is 1. The minimum Gasteiger partial charge on any atom is -0.366 e. The molecule has 1 aliphatic heterocycles. The predicted molar refractivity (Wildman–Crippen MR) is 108 cm³/mol. The normalized spacial score (nSPS) is 17.3. The molecule has 0 radical (unpaired) electrons. The van der Waals surface area contributed by atoms with Gasteiger partial charge in [-0.15, -0.1) is 0 Å². The summed E-state index contributed by atoms with van der Waals surface area (Å²) in [5.41, 5.74) is 9.64. The molecule has 27 heavy (non-hydrogen) atoms. The van der Waals surface area contributed by atoms with E-state index in [9.17, 15) is 4.79 Å². The number of nitrogens with two attached hydrogens (primary N) is 1. The van der Waals surface area contributed by atoms with Gasteiger partial charge in [-0.3, -0.25) is 9.69 Å². The molecule has 0 saturated carbocycles. The third kappa shape index (κ3) is 3.46. The van der Waals surface area contributed by atoms with Crippen LogP contribution in [0.5, 0.6) is 0 Å². The van der Waals surface area contributed by atoms with Crippen molar-refractivity contribution in [3.63, 3.8) is 0 Å². The second kappa shape index (κ2) is 7.13. The lowest BCUT2D eigenvalue weighted by Gasteiger charge is -2.36. The van der Waals surface area contributed by atoms with E-state index in [1.807, 2.05) is 12.1 Å². The molecule has 3 N–H and O–H groups in total. The number of rotatable bonds is 4.